The summed E-state index contributed by atoms with van der Waals surface area (Å²) in [5.41, 5.74) is 10.9. The average molecular weight is 1240 g/mol. The molecule has 7 fully saturated rings. The standard InChI is InChI=1S/C24H29ClN8O2.C22H24Cl2N8O3.C10H17N3O.C2H6/c1-2-22(34)33-14-17(15-33)31-8-10-32(11-9-31)24(35)30-29-21-12-18(16-4-5-16)19(25)13-20(21)28-23-26-6-3-7-27-23;1-2-19(33)32-12-14(13-32)30-6-8-31(9-7-30)21(34)20(29-35)27-17-10-15(23)16(24)11-18(17)28-22-25-4-3-5-26-22;1-2-10(14)13-7-9(8-13)12-5-3-11-4-6-12;1-2/h2-3,6-7,12-13,16-17,29H,1,4-5,8-11,14-15H2,(H,30,35)(H,26,27,28);2-5,10-11,14,35H,1,6-9,12-13H2,(H,27,29)(H,25,26,28);2,9,11H,1,3-8H2;1-2H3. The van der Waals surface area contributed by atoms with Gasteiger partial charge in [-0.3, -0.25) is 49.9 Å². The van der Waals surface area contributed by atoms with Crippen molar-refractivity contribution >= 4 is 105 Å². The van der Waals surface area contributed by atoms with Gasteiger partial charge in [0.25, 0.3) is 5.91 Å². The summed E-state index contributed by atoms with van der Waals surface area (Å²) in [6, 6.07) is 11.3. The van der Waals surface area contributed by atoms with Crippen LogP contribution in [0.5, 0.6) is 0 Å². The molecule has 11 rings (SSSR count). The molecule has 1 saturated carbocycles. The third-order valence-corrected chi connectivity index (χ3v) is 16.7. The number of carbonyl (C=O) groups is 5. The smallest absolute Gasteiger partial charge is 0.336 e. The van der Waals surface area contributed by atoms with Gasteiger partial charge in [0, 0.05) is 166 Å². The molecule has 0 bridgehead atoms. The average Bonchev–Trinajstić information content (AvgIpc) is 4.55. The molecule has 6 amide bonds. The van der Waals surface area contributed by atoms with Crippen LogP contribution in [0.2, 0.25) is 15.1 Å². The summed E-state index contributed by atoms with van der Waals surface area (Å²) in [5.74, 6) is 0.446. The summed E-state index contributed by atoms with van der Waals surface area (Å²) in [6.45, 7) is 28.4. The molecule has 6 saturated heterocycles. The number of amidine groups is 1. The van der Waals surface area contributed by atoms with Crippen molar-refractivity contribution in [3.63, 3.8) is 0 Å². The normalized spacial score (nSPS) is 18.5. The minimum Gasteiger partial charge on any atom is -0.336 e. The first-order valence-electron chi connectivity index (χ1n) is 28.9. The van der Waals surface area contributed by atoms with E-state index in [9.17, 15) is 29.2 Å². The summed E-state index contributed by atoms with van der Waals surface area (Å²) >= 11 is 18.9. The third kappa shape index (κ3) is 16.9. The minimum atomic E-state index is -0.461. The van der Waals surface area contributed by atoms with Crippen molar-refractivity contribution in [3.8, 4) is 0 Å². The molecule has 7 N–H and O–H groups in total. The maximum Gasteiger partial charge on any atom is 0.336 e. The lowest BCUT2D eigenvalue weighted by Gasteiger charge is -2.47. The van der Waals surface area contributed by atoms with Crippen LogP contribution >= 0.6 is 34.8 Å². The van der Waals surface area contributed by atoms with E-state index in [1.807, 2.05) is 36.4 Å². The van der Waals surface area contributed by atoms with Gasteiger partial charge in [-0.15, -0.1) is 0 Å². The highest BCUT2D eigenvalue weighted by Crippen LogP contribution is 2.46. The fraction of sp³-hybridized carbons (Fsp3) is 0.448. The maximum atomic E-state index is 13.1. The molecule has 0 spiro atoms. The number of amides is 6. The van der Waals surface area contributed by atoms with Crippen molar-refractivity contribution in [3.05, 3.63) is 120 Å². The Kier molecular flexibility index (Phi) is 23.4. The Bertz CT molecular complexity index is 3030. The molecular weight excluding hydrogens is 1170 g/mol. The molecule has 2 aromatic carbocycles. The van der Waals surface area contributed by atoms with E-state index in [2.05, 4.69) is 86.2 Å². The lowest BCUT2D eigenvalue weighted by atomic mass is 10.1. The highest BCUT2D eigenvalue weighted by atomic mass is 35.5. The molecule has 1 aliphatic carbocycles. The highest BCUT2D eigenvalue weighted by Gasteiger charge is 2.38. The number of nitrogens with one attached hydrogen (secondary N) is 6. The Labute approximate surface area is 516 Å². The van der Waals surface area contributed by atoms with Gasteiger partial charge in [-0.25, -0.2) is 35.2 Å². The van der Waals surface area contributed by atoms with Gasteiger partial charge >= 0.3 is 6.03 Å². The monoisotopic (exact) mass is 1240 g/mol. The van der Waals surface area contributed by atoms with Gasteiger partial charge in [0.1, 0.15) is 0 Å². The van der Waals surface area contributed by atoms with Crippen LogP contribution in [0.1, 0.15) is 38.2 Å². The van der Waals surface area contributed by atoms with Crippen LogP contribution < -0.4 is 32.3 Å². The predicted molar refractivity (Wildman–Crippen MR) is 333 cm³/mol. The number of nitrogens with zero attached hydrogens (tertiary/aromatic N) is 13. The number of hydrogen-bond acceptors (Lipinski definition) is 18. The number of aromatic nitrogens is 4. The van der Waals surface area contributed by atoms with Gasteiger partial charge in [0.15, 0.2) is 0 Å². The number of anilines is 5. The lowest BCUT2D eigenvalue weighted by Crippen LogP contribution is -2.64. The molecule has 0 radical (unpaired) electrons. The molecule has 0 atom stereocenters. The van der Waals surface area contributed by atoms with Gasteiger partial charge < -0.3 is 40.4 Å². The summed E-state index contributed by atoms with van der Waals surface area (Å²) < 4.78 is 0. The molecule has 25 nitrogen and oxygen atoms in total. The highest BCUT2D eigenvalue weighted by molar-refractivity contribution is 6.42. The number of hydrazine groups is 1. The van der Waals surface area contributed by atoms with Crippen LogP contribution in [0.25, 0.3) is 0 Å². The fourth-order valence-electron chi connectivity index (χ4n) is 10.4. The number of piperazine rings is 3. The first-order chi connectivity index (χ1) is 41.7. The van der Waals surface area contributed by atoms with Gasteiger partial charge in [0.05, 0.1) is 32.8 Å². The van der Waals surface area contributed by atoms with E-state index in [1.54, 1.807) is 56.5 Å². The molecule has 6 aliphatic heterocycles. The summed E-state index contributed by atoms with van der Waals surface area (Å²) in [4.78, 5) is 97.2. The third-order valence-electron chi connectivity index (χ3n) is 15.6. The molecule has 7 aliphatic rings. The minimum absolute atomic E-state index is 0.0231. The molecule has 8 heterocycles. The largest absolute Gasteiger partial charge is 0.336 e. The first kappa shape index (κ1) is 64.5. The van der Waals surface area contributed by atoms with E-state index < -0.39 is 5.91 Å². The molecule has 28 heteroatoms. The van der Waals surface area contributed by atoms with E-state index in [4.69, 9.17) is 34.8 Å². The molecular formula is C58H76Cl3N19O6. The van der Waals surface area contributed by atoms with E-state index in [-0.39, 0.29) is 51.4 Å². The van der Waals surface area contributed by atoms with Crippen LogP contribution in [0.4, 0.5) is 39.4 Å². The predicted octanol–water partition coefficient (Wildman–Crippen LogP) is 5.19. The number of halogens is 3. The number of benzene rings is 2. The van der Waals surface area contributed by atoms with Crippen molar-refractivity contribution in [2.75, 3.05) is 134 Å². The second kappa shape index (κ2) is 31.2. The zero-order valence-corrected chi connectivity index (χ0v) is 50.8. The Hall–Kier alpha value is -7.49. The number of likely N-dealkylation sites (tertiary alicyclic amines) is 3. The Balaban J connectivity index is 0.000000179. The zero-order valence-electron chi connectivity index (χ0n) is 48.5. The van der Waals surface area contributed by atoms with Gasteiger partial charge in [-0.1, -0.05) is 68.4 Å². The number of hydrogen-bond donors (Lipinski definition) is 7. The van der Waals surface area contributed by atoms with Crippen LogP contribution in [0.3, 0.4) is 0 Å². The number of urea groups is 1. The Morgan fingerprint density at radius 2 is 1.00 bits per heavy atom. The van der Waals surface area contributed by atoms with Crippen LogP contribution in [-0.2, 0) is 19.2 Å². The van der Waals surface area contributed by atoms with Crippen molar-refractivity contribution < 1.29 is 29.2 Å². The summed E-state index contributed by atoms with van der Waals surface area (Å²) in [7, 11) is 0. The zero-order chi connectivity index (χ0) is 61.3. The quantitative estimate of drug-likeness (QED) is 0.0370. The molecule has 460 valence electrons. The number of aliphatic imine (C=N–C) groups is 1. The number of hydroxylamine groups is 1. The molecule has 86 heavy (non-hydrogen) atoms. The van der Waals surface area contributed by atoms with Gasteiger partial charge in [-0.05, 0) is 78.9 Å². The van der Waals surface area contributed by atoms with Gasteiger partial charge in [-0.2, -0.15) is 0 Å². The second-order valence-electron chi connectivity index (χ2n) is 20.9. The SMILES string of the molecule is C=CC(=O)N1CC(N2CCN(C(=O)C(=Nc3cc(Cl)c(Cl)cc3Nc3ncccn3)NO)CC2)C1.C=CC(=O)N1CC(N2CCN(C(=O)NNc3cc(C4CC4)c(Cl)cc3Nc3ncccn3)CC2)C1.C=CC(=O)N1CC(N2CCNCC2)C1.CC. The van der Waals surface area contributed by atoms with Crippen molar-refractivity contribution in [1.82, 2.24) is 75.4 Å². The van der Waals surface area contributed by atoms with E-state index >= 15 is 0 Å². The lowest BCUT2D eigenvalue weighted by molar-refractivity contribution is -0.135. The Morgan fingerprint density at radius 3 is 1.45 bits per heavy atom. The van der Waals surface area contributed by atoms with E-state index in [1.165, 1.54) is 30.4 Å². The molecule has 0 unspecified atom stereocenters. The first-order valence-corrected chi connectivity index (χ1v) is 30.0. The Morgan fingerprint density at radius 1 is 0.570 bits per heavy atom. The van der Waals surface area contributed by atoms with E-state index in [0.717, 1.165) is 83.9 Å². The molecule has 2 aromatic heterocycles. The van der Waals surface area contributed by atoms with Crippen molar-refractivity contribution in [2.24, 2.45) is 4.99 Å². The second-order valence-corrected chi connectivity index (χ2v) is 22.2. The van der Waals surface area contributed by atoms with Crippen molar-refractivity contribution in [1.29, 1.82) is 0 Å². The fourth-order valence-corrected chi connectivity index (χ4v) is 11.0. The van der Waals surface area contributed by atoms with E-state index in [0.29, 0.717) is 104 Å². The summed E-state index contributed by atoms with van der Waals surface area (Å²) in [5, 5.41) is 20.4. The number of carbonyl (C=O) groups excluding carboxylic acids is 5. The molecule has 4 aromatic rings. The van der Waals surface area contributed by atoms with Crippen LogP contribution in [0.15, 0.2) is 104 Å². The van der Waals surface area contributed by atoms with Crippen LogP contribution in [0, 0.1) is 0 Å². The maximum absolute atomic E-state index is 13.1. The van der Waals surface area contributed by atoms with Gasteiger partial charge in [0.2, 0.25) is 35.5 Å². The van der Waals surface area contributed by atoms with Crippen LogP contribution in [-0.4, -0.2) is 236 Å². The van der Waals surface area contributed by atoms with Crippen molar-refractivity contribution in [2.45, 2.75) is 50.7 Å². The number of rotatable bonds is 14. The summed E-state index contributed by atoms with van der Waals surface area (Å²) in [6.07, 6.45) is 12.7. The topological polar surface area (TPSA) is 268 Å².